The topological polar surface area (TPSA) is 114 Å². The summed E-state index contributed by atoms with van der Waals surface area (Å²) in [5, 5.41) is 12.9. The predicted octanol–water partition coefficient (Wildman–Crippen LogP) is 3.46. The van der Waals surface area contributed by atoms with Gasteiger partial charge in [0.1, 0.15) is 0 Å². The Morgan fingerprint density at radius 3 is 2.19 bits per heavy atom. The van der Waals surface area contributed by atoms with Crippen molar-refractivity contribution in [3.8, 4) is 23.0 Å². The van der Waals surface area contributed by atoms with Crippen LogP contribution in [-0.2, 0) is 9.59 Å². The Labute approximate surface area is 210 Å². The van der Waals surface area contributed by atoms with Crippen molar-refractivity contribution in [1.29, 1.82) is 0 Å². The number of methoxy groups -OCH3 is 2. The molecule has 0 radical (unpaired) electrons. The standard InChI is InChI=1S/C27H30N2O7/c1-34-25-16-19(6-10-23(25)32)4-8-21(30)18-22(31)9-5-20-7-11-24(26(17-20)35-2)36-27(33)29-14-3-12-28-13-15-29/h4-11,16-17,28,32H,3,12-15,18H2,1-2H3. The number of carbonyl (C=O) groups is 3. The first-order chi connectivity index (χ1) is 17.4. The number of amides is 1. The van der Waals surface area contributed by atoms with E-state index in [0.717, 1.165) is 13.0 Å². The van der Waals surface area contributed by atoms with Crippen LogP contribution >= 0.6 is 0 Å². The minimum Gasteiger partial charge on any atom is -0.504 e. The Kier molecular flexibility index (Phi) is 9.64. The van der Waals surface area contributed by atoms with Crippen LogP contribution in [0.1, 0.15) is 24.0 Å². The van der Waals surface area contributed by atoms with Crippen molar-refractivity contribution in [2.24, 2.45) is 0 Å². The molecule has 0 aliphatic carbocycles. The molecule has 9 heteroatoms. The van der Waals surface area contributed by atoms with Crippen LogP contribution in [0.2, 0.25) is 0 Å². The first kappa shape index (κ1) is 26.5. The lowest BCUT2D eigenvalue weighted by Crippen LogP contribution is -2.36. The van der Waals surface area contributed by atoms with Crippen molar-refractivity contribution in [3.63, 3.8) is 0 Å². The van der Waals surface area contributed by atoms with E-state index in [1.165, 1.54) is 32.4 Å². The Bertz CT molecular complexity index is 1150. The summed E-state index contributed by atoms with van der Waals surface area (Å²) in [4.78, 5) is 38.5. The van der Waals surface area contributed by atoms with Crippen LogP contribution in [0.15, 0.2) is 48.6 Å². The number of hydrogen-bond acceptors (Lipinski definition) is 8. The van der Waals surface area contributed by atoms with E-state index >= 15 is 0 Å². The number of phenols is 1. The van der Waals surface area contributed by atoms with Crippen LogP contribution < -0.4 is 19.5 Å². The van der Waals surface area contributed by atoms with Gasteiger partial charge >= 0.3 is 6.09 Å². The second-order valence-electron chi connectivity index (χ2n) is 8.08. The van der Waals surface area contributed by atoms with E-state index in [4.69, 9.17) is 14.2 Å². The molecular formula is C27H30N2O7. The van der Waals surface area contributed by atoms with Crippen LogP contribution in [-0.4, -0.2) is 68.1 Å². The summed E-state index contributed by atoms with van der Waals surface area (Å²) in [7, 11) is 2.90. The zero-order valence-corrected chi connectivity index (χ0v) is 20.4. The third kappa shape index (κ3) is 7.71. The van der Waals surface area contributed by atoms with Crippen molar-refractivity contribution < 1.29 is 33.7 Å². The lowest BCUT2D eigenvalue weighted by Gasteiger charge is -2.20. The average molecular weight is 495 g/mol. The quantitative estimate of drug-likeness (QED) is 0.402. The molecule has 1 amide bonds. The maximum Gasteiger partial charge on any atom is 0.415 e. The molecule has 0 unspecified atom stereocenters. The third-order valence-corrected chi connectivity index (χ3v) is 5.46. The smallest absolute Gasteiger partial charge is 0.415 e. The zero-order chi connectivity index (χ0) is 25.9. The summed E-state index contributed by atoms with van der Waals surface area (Å²) in [6.45, 7) is 2.77. The van der Waals surface area contributed by atoms with Gasteiger partial charge in [-0.05, 0) is 60.5 Å². The summed E-state index contributed by atoms with van der Waals surface area (Å²) in [5.74, 6) is 0.208. The van der Waals surface area contributed by atoms with Crippen molar-refractivity contribution in [2.45, 2.75) is 12.8 Å². The van der Waals surface area contributed by atoms with Crippen molar-refractivity contribution in [3.05, 3.63) is 59.7 Å². The molecule has 3 rings (SSSR count). The van der Waals surface area contributed by atoms with Gasteiger partial charge in [0.2, 0.25) is 0 Å². The van der Waals surface area contributed by atoms with E-state index in [2.05, 4.69) is 5.32 Å². The van der Waals surface area contributed by atoms with E-state index in [0.29, 0.717) is 42.3 Å². The van der Waals surface area contributed by atoms with Crippen LogP contribution in [0.25, 0.3) is 12.2 Å². The summed E-state index contributed by atoms with van der Waals surface area (Å²) in [6.07, 6.45) is 5.87. The Morgan fingerprint density at radius 2 is 1.53 bits per heavy atom. The number of allylic oxidation sites excluding steroid dienone is 2. The molecule has 0 bridgehead atoms. The number of benzene rings is 2. The fraction of sp³-hybridized carbons (Fsp3) is 0.296. The van der Waals surface area contributed by atoms with Gasteiger partial charge in [-0.2, -0.15) is 0 Å². The number of hydrogen-bond donors (Lipinski definition) is 2. The highest BCUT2D eigenvalue weighted by Crippen LogP contribution is 2.29. The lowest BCUT2D eigenvalue weighted by molar-refractivity contribution is -0.121. The molecule has 36 heavy (non-hydrogen) atoms. The van der Waals surface area contributed by atoms with E-state index in [1.807, 2.05) is 0 Å². The van der Waals surface area contributed by atoms with Gasteiger partial charge < -0.3 is 29.5 Å². The van der Waals surface area contributed by atoms with Gasteiger partial charge in [-0.3, -0.25) is 9.59 Å². The number of carbonyl (C=O) groups excluding carboxylic acids is 3. The third-order valence-electron chi connectivity index (χ3n) is 5.46. The minimum absolute atomic E-state index is 0.000856. The fourth-order valence-electron chi connectivity index (χ4n) is 3.52. The van der Waals surface area contributed by atoms with Crippen molar-refractivity contribution in [1.82, 2.24) is 10.2 Å². The largest absolute Gasteiger partial charge is 0.504 e. The lowest BCUT2D eigenvalue weighted by atomic mass is 10.1. The van der Waals surface area contributed by atoms with Gasteiger partial charge in [-0.25, -0.2) is 4.79 Å². The van der Waals surface area contributed by atoms with E-state index < -0.39 is 6.09 Å². The zero-order valence-electron chi connectivity index (χ0n) is 20.4. The second kappa shape index (κ2) is 13.1. The molecule has 2 aromatic carbocycles. The van der Waals surface area contributed by atoms with Gasteiger partial charge in [-0.1, -0.05) is 24.3 Å². The summed E-state index contributed by atoms with van der Waals surface area (Å²) in [6, 6.07) is 9.62. The average Bonchev–Trinajstić information content (AvgIpc) is 3.17. The molecule has 1 fully saturated rings. The SMILES string of the molecule is COc1cc(C=CC(=O)CC(=O)C=Cc2ccc(OC(=O)N3CCCNCC3)c(OC)c2)ccc1O. The molecule has 1 saturated heterocycles. The molecule has 1 aliphatic heterocycles. The van der Waals surface area contributed by atoms with Crippen LogP contribution in [0.4, 0.5) is 4.79 Å². The highest BCUT2D eigenvalue weighted by Gasteiger charge is 2.19. The van der Waals surface area contributed by atoms with Gasteiger partial charge in [0.15, 0.2) is 34.6 Å². The number of ketones is 2. The monoisotopic (exact) mass is 494 g/mol. The highest BCUT2D eigenvalue weighted by atomic mass is 16.6. The molecule has 0 saturated carbocycles. The normalized spacial score (nSPS) is 14.0. The maximum absolute atomic E-state index is 12.5. The van der Waals surface area contributed by atoms with Crippen LogP contribution in [0.5, 0.6) is 23.0 Å². The summed E-state index contributed by atoms with van der Waals surface area (Å²) >= 11 is 0. The number of phenolic OH excluding ortho intramolecular Hbond substituents is 1. The van der Waals surface area contributed by atoms with E-state index in [-0.39, 0.29) is 29.5 Å². The molecule has 1 aliphatic rings. The molecule has 2 N–H and O–H groups in total. The van der Waals surface area contributed by atoms with Crippen LogP contribution in [0, 0.1) is 0 Å². The van der Waals surface area contributed by atoms with Crippen molar-refractivity contribution >= 4 is 29.8 Å². The first-order valence-corrected chi connectivity index (χ1v) is 11.5. The molecule has 0 atom stereocenters. The number of ether oxygens (including phenoxy) is 3. The second-order valence-corrected chi connectivity index (χ2v) is 8.08. The molecule has 190 valence electrons. The summed E-state index contributed by atoms with van der Waals surface area (Å²) in [5.41, 5.74) is 1.31. The molecule has 1 heterocycles. The fourth-order valence-corrected chi connectivity index (χ4v) is 3.52. The number of aromatic hydroxyl groups is 1. The number of nitrogens with zero attached hydrogens (tertiary/aromatic N) is 1. The molecule has 2 aromatic rings. The number of nitrogens with one attached hydrogen (secondary N) is 1. The van der Waals surface area contributed by atoms with E-state index in [9.17, 15) is 19.5 Å². The molecular weight excluding hydrogens is 464 g/mol. The highest BCUT2D eigenvalue weighted by molar-refractivity contribution is 6.10. The Morgan fingerprint density at radius 1 is 0.889 bits per heavy atom. The summed E-state index contributed by atoms with van der Waals surface area (Å²) < 4.78 is 15.9. The molecule has 9 nitrogen and oxygen atoms in total. The van der Waals surface area contributed by atoms with Crippen LogP contribution in [0.3, 0.4) is 0 Å². The Balaban J connectivity index is 1.57. The minimum atomic E-state index is -0.437. The van der Waals surface area contributed by atoms with Gasteiger partial charge in [-0.15, -0.1) is 0 Å². The number of rotatable bonds is 9. The van der Waals surface area contributed by atoms with Gasteiger partial charge in [0, 0.05) is 19.6 Å². The molecule has 0 spiro atoms. The van der Waals surface area contributed by atoms with Crippen molar-refractivity contribution in [2.75, 3.05) is 40.4 Å². The Hall–Kier alpha value is -4.11. The molecule has 0 aromatic heterocycles. The maximum atomic E-state index is 12.5. The first-order valence-electron chi connectivity index (χ1n) is 11.5. The van der Waals surface area contributed by atoms with E-state index in [1.54, 1.807) is 47.4 Å². The van der Waals surface area contributed by atoms with Gasteiger partial charge in [0.05, 0.1) is 20.6 Å². The predicted molar refractivity (Wildman–Crippen MR) is 135 cm³/mol. The van der Waals surface area contributed by atoms with Gasteiger partial charge in [0.25, 0.3) is 0 Å².